The Bertz CT molecular complexity index is 417. The van der Waals surface area contributed by atoms with Crippen molar-refractivity contribution in [3.8, 4) is 0 Å². The number of piperidine rings is 1. The van der Waals surface area contributed by atoms with E-state index in [1.807, 2.05) is 18.0 Å². The smallest absolute Gasteiger partial charge is 0.244 e. The average molecular weight is 246 g/mol. The first-order valence-electron chi connectivity index (χ1n) is 6.84. The Kier molecular flexibility index (Phi) is 4.37. The Morgan fingerprint density at radius 1 is 1.39 bits per heavy atom. The van der Waals surface area contributed by atoms with Crippen molar-refractivity contribution in [3.05, 3.63) is 29.8 Å². The molecule has 0 bridgehead atoms. The Hall–Kier alpha value is -1.35. The van der Waals surface area contributed by atoms with Crippen LogP contribution in [0.15, 0.2) is 24.3 Å². The molecule has 1 heterocycles. The lowest BCUT2D eigenvalue weighted by atomic mass is 10.0. The molecule has 0 radical (unpaired) electrons. The molecule has 3 heteroatoms. The lowest BCUT2D eigenvalue weighted by molar-refractivity contribution is -0.121. The van der Waals surface area contributed by atoms with Crippen LogP contribution in [0.4, 0.5) is 5.69 Å². The number of para-hydroxylation sites is 1. The van der Waals surface area contributed by atoms with Gasteiger partial charge in [0.05, 0.1) is 6.04 Å². The molecule has 3 nitrogen and oxygen atoms in total. The maximum absolute atomic E-state index is 12.4. The van der Waals surface area contributed by atoms with Crippen LogP contribution in [0.25, 0.3) is 0 Å². The fourth-order valence-electron chi connectivity index (χ4n) is 2.64. The Morgan fingerprint density at radius 3 is 2.89 bits per heavy atom. The maximum atomic E-state index is 12.4. The van der Waals surface area contributed by atoms with E-state index in [4.69, 9.17) is 0 Å². The molecule has 1 aromatic rings. The summed E-state index contributed by atoms with van der Waals surface area (Å²) in [5.41, 5.74) is 2.38. The van der Waals surface area contributed by atoms with Crippen LogP contribution in [-0.4, -0.2) is 25.5 Å². The summed E-state index contributed by atoms with van der Waals surface area (Å²) in [4.78, 5) is 14.3. The van der Waals surface area contributed by atoms with Crippen LogP contribution in [0.3, 0.4) is 0 Å². The Balaban J connectivity index is 2.27. The molecule has 1 fully saturated rings. The van der Waals surface area contributed by atoms with E-state index < -0.39 is 0 Å². The molecule has 0 aliphatic carbocycles. The topological polar surface area (TPSA) is 32.3 Å². The van der Waals surface area contributed by atoms with Gasteiger partial charge in [0, 0.05) is 12.2 Å². The summed E-state index contributed by atoms with van der Waals surface area (Å²) < 4.78 is 0. The molecular formula is C15H22N2O. The van der Waals surface area contributed by atoms with E-state index >= 15 is 0 Å². The van der Waals surface area contributed by atoms with Gasteiger partial charge in [0.15, 0.2) is 0 Å². The molecule has 1 saturated heterocycles. The number of amides is 1. The molecule has 0 saturated carbocycles. The summed E-state index contributed by atoms with van der Waals surface area (Å²) in [6, 6.07) is 8.26. The van der Waals surface area contributed by atoms with Gasteiger partial charge in [-0.3, -0.25) is 4.79 Å². The normalized spacial score (nSPS) is 20.2. The van der Waals surface area contributed by atoms with Gasteiger partial charge in [0.2, 0.25) is 5.91 Å². The number of rotatable bonds is 4. The summed E-state index contributed by atoms with van der Waals surface area (Å²) in [6.07, 6.45) is 4.15. The second-order valence-electron chi connectivity index (χ2n) is 4.85. The zero-order valence-corrected chi connectivity index (χ0v) is 11.3. The molecule has 1 atom stereocenters. The summed E-state index contributed by atoms with van der Waals surface area (Å²) >= 11 is 0. The number of nitrogens with zero attached hydrogens (tertiary/aromatic N) is 1. The summed E-state index contributed by atoms with van der Waals surface area (Å²) in [5.74, 6) is 0.215. The van der Waals surface area contributed by atoms with Gasteiger partial charge in [0.1, 0.15) is 0 Å². The molecule has 18 heavy (non-hydrogen) atoms. The molecule has 98 valence electrons. The van der Waals surface area contributed by atoms with Gasteiger partial charge in [-0.1, -0.05) is 31.5 Å². The predicted molar refractivity (Wildman–Crippen MR) is 74.9 cm³/mol. The average Bonchev–Trinajstić information content (AvgIpc) is 2.40. The Morgan fingerprint density at radius 2 is 2.17 bits per heavy atom. The minimum Gasteiger partial charge on any atom is -0.311 e. The van der Waals surface area contributed by atoms with Crippen LogP contribution in [0, 0.1) is 0 Å². The van der Waals surface area contributed by atoms with Crippen molar-refractivity contribution in [2.24, 2.45) is 0 Å². The fourth-order valence-corrected chi connectivity index (χ4v) is 2.64. The van der Waals surface area contributed by atoms with Crippen LogP contribution >= 0.6 is 0 Å². The van der Waals surface area contributed by atoms with Gasteiger partial charge in [0.25, 0.3) is 0 Å². The lowest BCUT2D eigenvalue weighted by Gasteiger charge is -2.33. The van der Waals surface area contributed by atoms with E-state index in [0.717, 1.165) is 37.9 Å². The Labute approximate surface area is 109 Å². The highest BCUT2D eigenvalue weighted by Crippen LogP contribution is 2.25. The SMILES string of the molecule is CCCc1ccccc1N1CCCC(NC)C1=O. The minimum absolute atomic E-state index is 0.0200. The zero-order chi connectivity index (χ0) is 13.0. The highest BCUT2D eigenvalue weighted by molar-refractivity contribution is 5.98. The van der Waals surface area contributed by atoms with Gasteiger partial charge in [-0.2, -0.15) is 0 Å². The van der Waals surface area contributed by atoms with Crippen molar-refractivity contribution in [1.82, 2.24) is 5.32 Å². The number of benzene rings is 1. The highest BCUT2D eigenvalue weighted by atomic mass is 16.2. The van der Waals surface area contributed by atoms with E-state index in [1.165, 1.54) is 5.56 Å². The summed E-state index contributed by atoms with van der Waals surface area (Å²) in [7, 11) is 1.87. The van der Waals surface area contributed by atoms with Gasteiger partial charge >= 0.3 is 0 Å². The molecule has 1 aliphatic rings. The lowest BCUT2D eigenvalue weighted by Crippen LogP contribution is -2.50. The number of likely N-dealkylation sites (N-methyl/N-ethyl adjacent to an activating group) is 1. The van der Waals surface area contributed by atoms with Crippen LogP contribution in [0.1, 0.15) is 31.7 Å². The monoisotopic (exact) mass is 246 g/mol. The third kappa shape index (κ3) is 2.56. The van der Waals surface area contributed by atoms with Crippen LogP contribution in [0.5, 0.6) is 0 Å². The zero-order valence-electron chi connectivity index (χ0n) is 11.3. The van der Waals surface area contributed by atoms with E-state index in [1.54, 1.807) is 0 Å². The first-order chi connectivity index (χ1) is 8.77. The molecule has 1 unspecified atom stereocenters. The predicted octanol–water partition coefficient (Wildman–Crippen LogP) is 2.35. The number of hydrogen-bond donors (Lipinski definition) is 1. The first kappa shape index (κ1) is 13.1. The molecular weight excluding hydrogens is 224 g/mol. The van der Waals surface area contributed by atoms with Gasteiger partial charge in [-0.15, -0.1) is 0 Å². The second-order valence-corrected chi connectivity index (χ2v) is 4.85. The van der Waals surface area contributed by atoms with Crippen molar-refractivity contribution in [3.63, 3.8) is 0 Å². The largest absolute Gasteiger partial charge is 0.311 e. The van der Waals surface area contributed by atoms with E-state index in [-0.39, 0.29) is 11.9 Å². The molecule has 0 spiro atoms. The second kappa shape index (κ2) is 6.01. The van der Waals surface area contributed by atoms with E-state index in [0.29, 0.717) is 0 Å². The third-order valence-electron chi connectivity index (χ3n) is 3.59. The first-order valence-corrected chi connectivity index (χ1v) is 6.84. The van der Waals surface area contributed by atoms with Crippen molar-refractivity contribution in [2.45, 2.75) is 38.6 Å². The van der Waals surface area contributed by atoms with Gasteiger partial charge in [-0.05, 0) is 37.9 Å². The molecule has 1 aliphatic heterocycles. The van der Waals surface area contributed by atoms with Crippen LogP contribution in [-0.2, 0) is 11.2 Å². The summed E-state index contributed by atoms with van der Waals surface area (Å²) in [5, 5.41) is 3.11. The standard InChI is InChI=1S/C15H22N2O/c1-3-7-12-8-4-5-10-14(12)17-11-6-9-13(16-2)15(17)18/h4-5,8,10,13,16H,3,6-7,9,11H2,1-2H3. The van der Waals surface area contributed by atoms with Crippen molar-refractivity contribution in [1.29, 1.82) is 0 Å². The minimum atomic E-state index is -0.0200. The van der Waals surface area contributed by atoms with E-state index in [9.17, 15) is 4.79 Å². The molecule has 1 N–H and O–H groups in total. The third-order valence-corrected chi connectivity index (χ3v) is 3.59. The number of anilines is 1. The van der Waals surface area contributed by atoms with Crippen LogP contribution in [0.2, 0.25) is 0 Å². The molecule has 1 amide bonds. The fraction of sp³-hybridized carbons (Fsp3) is 0.533. The molecule has 0 aromatic heterocycles. The highest BCUT2D eigenvalue weighted by Gasteiger charge is 2.29. The number of carbonyl (C=O) groups is 1. The number of hydrogen-bond acceptors (Lipinski definition) is 2. The quantitative estimate of drug-likeness (QED) is 0.884. The van der Waals surface area contributed by atoms with Crippen molar-refractivity contribution >= 4 is 11.6 Å². The van der Waals surface area contributed by atoms with E-state index in [2.05, 4.69) is 30.4 Å². The number of carbonyl (C=O) groups excluding carboxylic acids is 1. The maximum Gasteiger partial charge on any atom is 0.244 e. The summed E-state index contributed by atoms with van der Waals surface area (Å²) in [6.45, 7) is 3.02. The molecule has 1 aromatic carbocycles. The number of aryl methyl sites for hydroxylation is 1. The van der Waals surface area contributed by atoms with Gasteiger partial charge < -0.3 is 10.2 Å². The van der Waals surface area contributed by atoms with Crippen molar-refractivity contribution < 1.29 is 4.79 Å². The van der Waals surface area contributed by atoms with Crippen molar-refractivity contribution in [2.75, 3.05) is 18.5 Å². The van der Waals surface area contributed by atoms with Gasteiger partial charge in [-0.25, -0.2) is 0 Å². The molecule has 2 rings (SSSR count). The number of nitrogens with one attached hydrogen (secondary N) is 1. The van der Waals surface area contributed by atoms with Crippen LogP contribution < -0.4 is 10.2 Å².